The monoisotopic (exact) mass is 276 g/mol. The first-order chi connectivity index (χ1) is 9.42. The molecule has 0 aromatic heterocycles. The van der Waals surface area contributed by atoms with Crippen LogP contribution in [0.4, 0.5) is 0 Å². The first kappa shape index (κ1) is 16.0. The van der Waals surface area contributed by atoms with Crippen molar-refractivity contribution in [3.8, 4) is 0 Å². The fourth-order valence-electron chi connectivity index (χ4n) is 1.55. The summed E-state index contributed by atoms with van der Waals surface area (Å²) in [6.45, 7) is 5.93. The fourth-order valence-corrected chi connectivity index (χ4v) is 1.55. The fraction of sp³-hybridized carbons (Fsp3) is 0.500. The highest BCUT2D eigenvalue weighted by atomic mass is 16.6. The number of rotatable bonds is 6. The highest BCUT2D eigenvalue weighted by Gasteiger charge is 2.24. The number of hydrogen-bond acceptors (Lipinski definition) is 4. The van der Waals surface area contributed by atoms with Crippen LogP contribution in [-0.2, 0) is 16.1 Å². The molecule has 20 heavy (non-hydrogen) atoms. The largest absolute Gasteiger partial charge is 0.459 e. The van der Waals surface area contributed by atoms with Crippen LogP contribution >= 0.6 is 0 Å². The number of hydrogen-bond donors (Lipinski definition) is 1. The molecule has 0 unspecified atom stereocenters. The van der Waals surface area contributed by atoms with Gasteiger partial charge in [-0.15, -0.1) is 0 Å². The Morgan fingerprint density at radius 2 is 2.05 bits per heavy atom. The lowest BCUT2D eigenvalue weighted by atomic mass is 10.1. The van der Waals surface area contributed by atoms with Crippen LogP contribution in [0, 0.1) is 0 Å². The average molecular weight is 276 g/mol. The van der Waals surface area contributed by atoms with Gasteiger partial charge in [-0.2, -0.15) is 0 Å². The predicted octanol–water partition coefficient (Wildman–Crippen LogP) is 2.80. The molecule has 1 atom stereocenters. The minimum atomic E-state index is -0.648. The quantitative estimate of drug-likeness (QED) is 0.375. The third-order valence-electron chi connectivity index (χ3n) is 2.41. The van der Waals surface area contributed by atoms with E-state index in [0.717, 1.165) is 5.56 Å². The van der Waals surface area contributed by atoms with Crippen molar-refractivity contribution >= 4 is 5.97 Å². The molecule has 6 heteroatoms. The molecule has 0 aliphatic rings. The molecule has 1 N–H and O–H groups in total. The molecule has 0 fully saturated rings. The normalized spacial score (nSPS) is 12.3. The van der Waals surface area contributed by atoms with Gasteiger partial charge < -0.3 is 10.1 Å². The molecule has 0 amide bonds. The molecule has 0 saturated carbocycles. The van der Waals surface area contributed by atoms with Crippen LogP contribution in [0.1, 0.15) is 26.3 Å². The molecule has 0 heterocycles. The number of benzene rings is 1. The summed E-state index contributed by atoms with van der Waals surface area (Å²) in [4.78, 5) is 14.7. The zero-order chi connectivity index (χ0) is 15.0. The van der Waals surface area contributed by atoms with Gasteiger partial charge in [0.2, 0.25) is 0 Å². The Balaban J connectivity index is 2.64. The number of nitrogens with zero attached hydrogens (tertiary/aromatic N) is 3. The first-order valence-corrected chi connectivity index (χ1v) is 6.43. The Labute approximate surface area is 118 Å². The first-order valence-electron chi connectivity index (χ1n) is 6.43. The Morgan fingerprint density at radius 3 is 2.60 bits per heavy atom. The van der Waals surface area contributed by atoms with Gasteiger partial charge in [0, 0.05) is 11.5 Å². The van der Waals surface area contributed by atoms with Crippen LogP contribution in [0.5, 0.6) is 0 Å². The van der Waals surface area contributed by atoms with Crippen molar-refractivity contribution in [2.75, 3.05) is 6.54 Å². The lowest BCUT2D eigenvalue weighted by Gasteiger charge is -2.23. The molecular weight excluding hydrogens is 256 g/mol. The van der Waals surface area contributed by atoms with Gasteiger partial charge in [0.25, 0.3) is 0 Å². The molecule has 0 radical (unpaired) electrons. The zero-order valence-corrected chi connectivity index (χ0v) is 12.0. The maximum atomic E-state index is 12.0. The molecule has 0 saturated heterocycles. The molecule has 0 bridgehead atoms. The lowest BCUT2D eigenvalue weighted by Crippen LogP contribution is -2.42. The average Bonchev–Trinajstić information content (AvgIpc) is 2.38. The summed E-state index contributed by atoms with van der Waals surface area (Å²) in [6, 6.07) is 9.03. The number of carbonyl (C=O) groups excluding carboxylic acids is 1. The number of azide groups is 1. The maximum absolute atomic E-state index is 12.0. The second kappa shape index (κ2) is 7.53. The highest BCUT2D eigenvalue weighted by Crippen LogP contribution is 2.09. The third kappa shape index (κ3) is 6.22. The van der Waals surface area contributed by atoms with Crippen LogP contribution in [0.15, 0.2) is 35.4 Å². The van der Waals surface area contributed by atoms with Gasteiger partial charge in [-0.25, -0.2) is 0 Å². The van der Waals surface area contributed by atoms with E-state index in [9.17, 15) is 4.79 Å². The Bertz CT molecular complexity index is 476. The summed E-state index contributed by atoms with van der Waals surface area (Å²) >= 11 is 0. The van der Waals surface area contributed by atoms with Crippen molar-refractivity contribution < 1.29 is 9.53 Å². The number of ether oxygens (including phenoxy) is 1. The molecule has 108 valence electrons. The maximum Gasteiger partial charge on any atom is 0.323 e. The van der Waals surface area contributed by atoms with E-state index < -0.39 is 17.6 Å². The van der Waals surface area contributed by atoms with Crippen molar-refractivity contribution in [1.82, 2.24) is 5.32 Å². The van der Waals surface area contributed by atoms with Gasteiger partial charge in [-0.3, -0.25) is 4.79 Å². The van der Waals surface area contributed by atoms with Crippen LogP contribution < -0.4 is 5.32 Å². The Hall–Kier alpha value is -2.04. The van der Waals surface area contributed by atoms with E-state index in [4.69, 9.17) is 10.3 Å². The second-order valence-corrected chi connectivity index (χ2v) is 5.37. The molecule has 0 aliphatic carbocycles. The van der Waals surface area contributed by atoms with Gasteiger partial charge in [0.05, 0.1) is 6.54 Å². The van der Waals surface area contributed by atoms with E-state index >= 15 is 0 Å². The summed E-state index contributed by atoms with van der Waals surface area (Å²) < 4.78 is 5.30. The molecule has 1 aromatic rings. The molecule has 0 aliphatic heterocycles. The topological polar surface area (TPSA) is 87.1 Å². The number of carbonyl (C=O) groups is 1. The van der Waals surface area contributed by atoms with Crippen molar-refractivity contribution in [3.63, 3.8) is 0 Å². The summed E-state index contributed by atoms with van der Waals surface area (Å²) in [5.41, 5.74) is 8.87. The zero-order valence-electron chi connectivity index (χ0n) is 12.0. The van der Waals surface area contributed by atoms with Crippen LogP contribution in [0.2, 0.25) is 0 Å². The van der Waals surface area contributed by atoms with Crippen molar-refractivity contribution in [3.05, 3.63) is 46.3 Å². The van der Waals surface area contributed by atoms with Gasteiger partial charge in [-0.1, -0.05) is 35.4 Å². The van der Waals surface area contributed by atoms with E-state index in [2.05, 4.69) is 15.3 Å². The van der Waals surface area contributed by atoms with Gasteiger partial charge in [0.1, 0.15) is 11.6 Å². The van der Waals surface area contributed by atoms with E-state index in [1.807, 2.05) is 30.3 Å². The van der Waals surface area contributed by atoms with Gasteiger partial charge >= 0.3 is 5.97 Å². The number of nitrogens with one attached hydrogen (secondary N) is 1. The summed E-state index contributed by atoms with van der Waals surface area (Å²) in [7, 11) is 0. The van der Waals surface area contributed by atoms with Crippen molar-refractivity contribution in [1.29, 1.82) is 0 Å². The third-order valence-corrected chi connectivity index (χ3v) is 2.41. The van der Waals surface area contributed by atoms with Gasteiger partial charge in [0.15, 0.2) is 0 Å². The minimum Gasteiger partial charge on any atom is -0.459 e. The smallest absolute Gasteiger partial charge is 0.323 e. The van der Waals surface area contributed by atoms with Crippen molar-refractivity contribution in [2.45, 2.75) is 39.0 Å². The molecule has 0 spiro atoms. The molecule has 1 aromatic carbocycles. The van der Waals surface area contributed by atoms with E-state index in [1.165, 1.54) is 0 Å². The Kier molecular flexibility index (Phi) is 6.03. The molecule has 6 nitrogen and oxygen atoms in total. The summed E-state index contributed by atoms with van der Waals surface area (Å²) in [6.07, 6.45) is 0. The van der Waals surface area contributed by atoms with E-state index in [-0.39, 0.29) is 6.54 Å². The van der Waals surface area contributed by atoms with E-state index in [0.29, 0.717) is 6.54 Å². The summed E-state index contributed by atoms with van der Waals surface area (Å²) in [5.74, 6) is -0.416. The SMILES string of the molecule is CC(C)(C)OC(=O)[C@H](CN=[N+]=[N-])NCc1ccccc1. The molecule has 1 rings (SSSR count). The van der Waals surface area contributed by atoms with Crippen LogP contribution in [0.3, 0.4) is 0 Å². The standard InChI is InChI=1S/C14H20N4O2/c1-14(2,3)20-13(19)12(10-17-18-15)16-9-11-7-5-4-6-8-11/h4-8,12,16H,9-10H2,1-3H3/t12-/m0/s1. The predicted molar refractivity (Wildman–Crippen MR) is 76.9 cm³/mol. The second-order valence-electron chi connectivity index (χ2n) is 5.37. The van der Waals surface area contributed by atoms with Crippen LogP contribution in [-0.4, -0.2) is 24.2 Å². The van der Waals surface area contributed by atoms with Crippen LogP contribution in [0.25, 0.3) is 10.4 Å². The molecular formula is C14H20N4O2. The Morgan fingerprint density at radius 1 is 1.40 bits per heavy atom. The summed E-state index contributed by atoms with van der Waals surface area (Å²) in [5, 5.41) is 6.51. The van der Waals surface area contributed by atoms with Gasteiger partial charge in [-0.05, 0) is 31.9 Å². The number of esters is 1. The van der Waals surface area contributed by atoms with E-state index in [1.54, 1.807) is 20.8 Å². The lowest BCUT2D eigenvalue weighted by molar-refractivity contribution is -0.157. The van der Waals surface area contributed by atoms with Crippen molar-refractivity contribution in [2.24, 2.45) is 5.11 Å². The minimum absolute atomic E-state index is 0.0260. The highest BCUT2D eigenvalue weighted by molar-refractivity contribution is 5.76.